The molecule has 7 heteroatoms. The smallest absolute Gasteiger partial charge is 0.270 e. The summed E-state index contributed by atoms with van der Waals surface area (Å²) in [5, 5.41) is 10.8. The number of rotatable bonds is 3. The van der Waals surface area contributed by atoms with Crippen molar-refractivity contribution in [3.8, 4) is 0 Å². The van der Waals surface area contributed by atoms with Crippen LogP contribution in [-0.2, 0) is 4.74 Å². The van der Waals surface area contributed by atoms with Crippen molar-refractivity contribution in [1.29, 1.82) is 0 Å². The lowest BCUT2D eigenvalue weighted by Crippen LogP contribution is -2.51. The maximum absolute atomic E-state index is 12.6. The first-order chi connectivity index (χ1) is 9.90. The van der Waals surface area contributed by atoms with Gasteiger partial charge in [-0.05, 0) is 19.4 Å². The maximum atomic E-state index is 12.6. The van der Waals surface area contributed by atoms with Gasteiger partial charge in [-0.15, -0.1) is 0 Å². The standard InChI is InChI=1S/C14H19N3O4/c1-9-3-4-11(17(19)20)7-12(9)14(18)16-5-6-21-13(8-16)10(2)15/h3-4,7,10,13H,5-6,8,15H2,1-2H3. The topological polar surface area (TPSA) is 98.7 Å². The van der Waals surface area contributed by atoms with Gasteiger partial charge in [0.05, 0.1) is 17.6 Å². The summed E-state index contributed by atoms with van der Waals surface area (Å²) >= 11 is 0. The van der Waals surface area contributed by atoms with Gasteiger partial charge >= 0.3 is 0 Å². The number of ether oxygens (including phenoxy) is 1. The van der Waals surface area contributed by atoms with Crippen LogP contribution >= 0.6 is 0 Å². The molecular formula is C14H19N3O4. The lowest BCUT2D eigenvalue weighted by molar-refractivity contribution is -0.384. The number of hydrogen-bond donors (Lipinski definition) is 1. The van der Waals surface area contributed by atoms with Crippen LogP contribution in [0.25, 0.3) is 0 Å². The van der Waals surface area contributed by atoms with Crippen LogP contribution in [-0.4, -0.2) is 47.6 Å². The summed E-state index contributed by atoms with van der Waals surface area (Å²) in [7, 11) is 0. The molecule has 0 aliphatic carbocycles. The van der Waals surface area contributed by atoms with Gasteiger partial charge in [0.2, 0.25) is 0 Å². The van der Waals surface area contributed by atoms with E-state index in [-0.39, 0.29) is 23.7 Å². The van der Waals surface area contributed by atoms with Crippen LogP contribution in [0.5, 0.6) is 0 Å². The quantitative estimate of drug-likeness (QED) is 0.664. The van der Waals surface area contributed by atoms with Gasteiger partial charge in [0.15, 0.2) is 0 Å². The predicted octanol–water partition coefficient (Wildman–Crippen LogP) is 1.09. The number of amides is 1. The van der Waals surface area contributed by atoms with Crippen LogP contribution in [0.3, 0.4) is 0 Å². The van der Waals surface area contributed by atoms with Crippen LogP contribution < -0.4 is 5.73 Å². The number of nitrogens with zero attached hydrogens (tertiary/aromatic N) is 2. The van der Waals surface area contributed by atoms with Crippen LogP contribution in [0.2, 0.25) is 0 Å². The first-order valence-electron chi connectivity index (χ1n) is 6.81. The Morgan fingerprint density at radius 1 is 1.57 bits per heavy atom. The molecule has 7 nitrogen and oxygen atoms in total. The number of hydrogen-bond acceptors (Lipinski definition) is 5. The van der Waals surface area contributed by atoms with Crippen LogP contribution in [0.1, 0.15) is 22.8 Å². The van der Waals surface area contributed by atoms with Crippen molar-refractivity contribution in [2.75, 3.05) is 19.7 Å². The van der Waals surface area contributed by atoms with Crippen molar-refractivity contribution >= 4 is 11.6 Å². The zero-order valence-corrected chi connectivity index (χ0v) is 12.1. The Kier molecular flexibility index (Phi) is 4.54. The molecule has 1 aliphatic heterocycles. The van der Waals surface area contributed by atoms with E-state index in [0.29, 0.717) is 25.3 Å². The normalized spacial score (nSPS) is 20.1. The molecule has 0 radical (unpaired) electrons. The average Bonchev–Trinajstić information content (AvgIpc) is 2.47. The molecule has 1 aromatic carbocycles. The maximum Gasteiger partial charge on any atom is 0.270 e. The van der Waals surface area contributed by atoms with Gasteiger partial charge in [-0.1, -0.05) is 6.07 Å². The number of nitrogens with two attached hydrogens (primary N) is 1. The molecule has 1 heterocycles. The minimum atomic E-state index is -0.500. The van der Waals surface area contributed by atoms with E-state index in [4.69, 9.17) is 10.5 Å². The number of nitro groups is 1. The molecule has 2 unspecified atom stereocenters. The second kappa shape index (κ2) is 6.19. The molecule has 0 bridgehead atoms. The number of morpholine rings is 1. The van der Waals surface area contributed by atoms with E-state index in [1.807, 2.05) is 6.92 Å². The number of carbonyl (C=O) groups is 1. The molecule has 21 heavy (non-hydrogen) atoms. The van der Waals surface area contributed by atoms with E-state index in [1.165, 1.54) is 12.1 Å². The Balaban J connectivity index is 2.23. The van der Waals surface area contributed by atoms with Crippen molar-refractivity contribution in [3.63, 3.8) is 0 Å². The fourth-order valence-electron chi connectivity index (χ4n) is 2.30. The van der Waals surface area contributed by atoms with Gasteiger partial charge in [-0.3, -0.25) is 14.9 Å². The van der Waals surface area contributed by atoms with Crippen LogP contribution in [0.15, 0.2) is 18.2 Å². The largest absolute Gasteiger partial charge is 0.373 e. The van der Waals surface area contributed by atoms with Crippen molar-refractivity contribution < 1.29 is 14.5 Å². The summed E-state index contributed by atoms with van der Waals surface area (Å²) < 4.78 is 5.52. The Hall–Kier alpha value is -1.99. The van der Waals surface area contributed by atoms with Crippen molar-refractivity contribution in [1.82, 2.24) is 4.90 Å². The summed E-state index contributed by atoms with van der Waals surface area (Å²) in [5.74, 6) is -0.217. The van der Waals surface area contributed by atoms with Crippen molar-refractivity contribution in [3.05, 3.63) is 39.4 Å². The molecule has 1 fully saturated rings. The Bertz CT molecular complexity index is 559. The van der Waals surface area contributed by atoms with Crippen LogP contribution in [0, 0.1) is 17.0 Å². The van der Waals surface area contributed by atoms with Crippen molar-refractivity contribution in [2.45, 2.75) is 26.0 Å². The summed E-state index contributed by atoms with van der Waals surface area (Å²) in [5.41, 5.74) is 6.80. The SMILES string of the molecule is Cc1ccc([N+](=O)[O-])cc1C(=O)N1CCOC(C(C)N)C1. The third kappa shape index (κ3) is 3.37. The van der Waals surface area contributed by atoms with Gasteiger partial charge in [-0.2, -0.15) is 0 Å². The summed E-state index contributed by atoms with van der Waals surface area (Å²) in [6, 6.07) is 4.14. The molecule has 2 atom stereocenters. The van der Waals surface area contributed by atoms with Gasteiger partial charge < -0.3 is 15.4 Å². The number of aryl methyl sites for hydroxylation is 1. The number of carbonyl (C=O) groups excluding carboxylic acids is 1. The third-order valence-electron chi connectivity index (χ3n) is 3.63. The Morgan fingerprint density at radius 3 is 2.90 bits per heavy atom. The minimum absolute atomic E-state index is 0.0825. The van der Waals surface area contributed by atoms with E-state index < -0.39 is 4.92 Å². The Labute approximate surface area is 122 Å². The molecular weight excluding hydrogens is 274 g/mol. The fraction of sp³-hybridized carbons (Fsp3) is 0.500. The molecule has 0 saturated carbocycles. The second-order valence-electron chi connectivity index (χ2n) is 5.28. The summed E-state index contributed by atoms with van der Waals surface area (Å²) in [6.45, 7) is 4.88. The molecule has 2 N–H and O–H groups in total. The van der Waals surface area contributed by atoms with E-state index in [2.05, 4.69) is 0 Å². The first-order valence-corrected chi connectivity index (χ1v) is 6.81. The Morgan fingerprint density at radius 2 is 2.29 bits per heavy atom. The second-order valence-corrected chi connectivity index (χ2v) is 5.28. The number of benzene rings is 1. The highest BCUT2D eigenvalue weighted by atomic mass is 16.6. The molecule has 1 aliphatic rings. The van der Waals surface area contributed by atoms with Gasteiger partial charge in [0.1, 0.15) is 0 Å². The van der Waals surface area contributed by atoms with E-state index in [1.54, 1.807) is 17.9 Å². The highest BCUT2D eigenvalue weighted by Crippen LogP contribution is 2.20. The molecule has 0 aromatic heterocycles. The first kappa shape index (κ1) is 15.4. The van der Waals surface area contributed by atoms with Gasteiger partial charge in [0, 0.05) is 36.8 Å². The molecule has 2 rings (SSSR count). The average molecular weight is 293 g/mol. The van der Waals surface area contributed by atoms with E-state index >= 15 is 0 Å². The molecule has 1 aromatic rings. The van der Waals surface area contributed by atoms with Crippen molar-refractivity contribution in [2.24, 2.45) is 5.73 Å². The predicted molar refractivity (Wildman–Crippen MR) is 77.1 cm³/mol. The monoisotopic (exact) mass is 293 g/mol. The third-order valence-corrected chi connectivity index (χ3v) is 3.63. The summed E-state index contributed by atoms with van der Waals surface area (Å²) in [4.78, 5) is 24.6. The highest BCUT2D eigenvalue weighted by molar-refractivity contribution is 5.96. The lowest BCUT2D eigenvalue weighted by atomic mass is 10.1. The zero-order valence-electron chi connectivity index (χ0n) is 12.1. The molecule has 1 amide bonds. The zero-order chi connectivity index (χ0) is 15.6. The molecule has 114 valence electrons. The van der Waals surface area contributed by atoms with Crippen LogP contribution in [0.4, 0.5) is 5.69 Å². The van der Waals surface area contributed by atoms with Gasteiger partial charge in [0.25, 0.3) is 11.6 Å². The summed E-state index contributed by atoms with van der Waals surface area (Å²) in [6.07, 6.45) is -0.207. The molecule has 1 saturated heterocycles. The number of non-ortho nitro benzene ring substituents is 1. The van der Waals surface area contributed by atoms with Gasteiger partial charge in [-0.25, -0.2) is 0 Å². The highest BCUT2D eigenvalue weighted by Gasteiger charge is 2.28. The molecule has 0 spiro atoms. The fourth-order valence-corrected chi connectivity index (χ4v) is 2.30. The van der Waals surface area contributed by atoms with E-state index in [9.17, 15) is 14.9 Å². The van der Waals surface area contributed by atoms with E-state index in [0.717, 1.165) is 5.56 Å². The lowest BCUT2D eigenvalue weighted by Gasteiger charge is -2.35. The number of nitro benzene ring substituents is 1. The minimum Gasteiger partial charge on any atom is -0.373 e.